The second-order valence-corrected chi connectivity index (χ2v) is 6.19. The number of aryl methyl sites for hydroxylation is 2. The van der Waals surface area contributed by atoms with E-state index in [1.165, 1.54) is 12.1 Å². The number of ether oxygens (including phenoxy) is 2. The molecule has 0 amide bonds. The fourth-order valence-corrected chi connectivity index (χ4v) is 2.72. The minimum absolute atomic E-state index is 0.00358. The standard InChI is InChI=1S/C22H20O5/c1-14-4-10-19-17(12-21(24)27-22(19)15(14)2)13-26-20(23)11-7-16-5-8-18(25-3)9-6-16/h4-12H,13H2,1-3H3/b11-7+. The van der Waals surface area contributed by atoms with Crippen molar-refractivity contribution in [2.75, 3.05) is 7.11 Å². The van der Waals surface area contributed by atoms with E-state index in [9.17, 15) is 9.59 Å². The molecule has 0 radical (unpaired) electrons. The van der Waals surface area contributed by atoms with Crippen molar-refractivity contribution in [3.8, 4) is 5.75 Å². The van der Waals surface area contributed by atoms with Crippen LogP contribution in [0.25, 0.3) is 17.0 Å². The van der Waals surface area contributed by atoms with Crippen LogP contribution in [0.4, 0.5) is 0 Å². The van der Waals surface area contributed by atoms with Gasteiger partial charge in [0.15, 0.2) is 0 Å². The Morgan fingerprint density at radius 2 is 1.85 bits per heavy atom. The first-order valence-corrected chi connectivity index (χ1v) is 8.50. The van der Waals surface area contributed by atoms with Gasteiger partial charge in [-0.3, -0.25) is 0 Å². The minimum atomic E-state index is -0.490. The van der Waals surface area contributed by atoms with Crippen LogP contribution in [-0.4, -0.2) is 13.1 Å². The van der Waals surface area contributed by atoms with Crippen LogP contribution in [0.5, 0.6) is 5.75 Å². The van der Waals surface area contributed by atoms with Crippen LogP contribution in [0, 0.1) is 13.8 Å². The highest BCUT2D eigenvalue weighted by Gasteiger charge is 2.10. The van der Waals surface area contributed by atoms with Crippen molar-refractivity contribution < 1.29 is 18.7 Å². The number of esters is 1. The Hall–Kier alpha value is -3.34. The van der Waals surface area contributed by atoms with E-state index >= 15 is 0 Å². The molecule has 0 fully saturated rings. The number of hydrogen-bond donors (Lipinski definition) is 0. The molecule has 2 aromatic carbocycles. The average Bonchev–Trinajstić information content (AvgIpc) is 2.68. The predicted molar refractivity (Wildman–Crippen MR) is 104 cm³/mol. The zero-order chi connectivity index (χ0) is 19.4. The molecule has 5 heteroatoms. The summed E-state index contributed by atoms with van der Waals surface area (Å²) >= 11 is 0. The Kier molecular flexibility index (Phi) is 5.41. The topological polar surface area (TPSA) is 65.7 Å². The van der Waals surface area contributed by atoms with E-state index in [0.29, 0.717) is 11.1 Å². The fourth-order valence-electron chi connectivity index (χ4n) is 2.72. The molecule has 0 aliphatic carbocycles. The lowest BCUT2D eigenvalue weighted by molar-refractivity contribution is -0.138. The smallest absolute Gasteiger partial charge is 0.336 e. The molecule has 27 heavy (non-hydrogen) atoms. The number of fused-ring (bicyclic) bond motifs is 1. The molecule has 0 saturated carbocycles. The Bertz CT molecular complexity index is 1060. The van der Waals surface area contributed by atoms with E-state index in [-0.39, 0.29) is 6.61 Å². The molecule has 0 spiro atoms. The van der Waals surface area contributed by atoms with Crippen molar-refractivity contribution in [2.24, 2.45) is 0 Å². The van der Waals surface area contributed by atoms with Crippen molar-refractivity contribution >= 4 is 23.0 Å². The zero-order valence-corrected chi connectivity index (χ0v) is 15.4. The second-order valence-electron chi connectivity index (χ2n) is 6.19. The number of methoxy groups -OCH3 is 1. The van der Waals surface area contributed by atoms with E-state index in [0.717, 1.165) is 27.8 Å². The van der Waals surface area contributed by atoms with Crippen LogP contribution in [0.15, 0.2) is 57.8 Å². The number of carbonyl (C=O) groups is 1. The van der Waals surface area contributed by atoms with Gasteiger partial charge >= 0.3 is 11.6 Å². The first-order chi connectivity index (χ1) is 13.0. The minimum Gasteiger partial charge on any atom is -0.497 e. The van der Waals surface area contributed by atoms with Gasteiger partial charge in [0, 0.05) is 23.1 Å². The van der Waals surface area contributed by atoms with E-state index < -0.39 is 11.6 Å². The fraction of sp³-hybridized carbons (Fsp3) is 0.182. The lowest BCUT2D eigenvalue weighted by Crippen LogP contribution is -2.06. The van der Waals surface area contributed by atoms with Crippen LogP contribution < -0.4 is 10.4 Å². The second kappa shape index (κ2) is 7.91. The summed E-state index contributed by atoms with van der Waals surface area (Å²) < 4.78 is 15.7. The zero-order valence-electron chi connectivity index (χ0n) is 15.4. The molecule has 0 saturated heterocycles. The Morgan fingerprint density at radius 1 is 1.11 bits per heavy atom. The van der Waals surface area contributed by atoms with Crippen LogP contribution in [0.2, 0.25) is 0 Å². The summed E-state index contributed by atoms with van der Waals surface area (Å²) in [7, 11) is 1.60. The SMILES string of the molecule is COc1ccc(/C=C/C(=O)OCc2cc(=O)oc3c(C)c(C)ccc23)cc1. The van der Waals surface area contributed by atoms with Crippen LogP contribution in [0.3, 0.4) is 0 Å². The van der Waals surface area contributed by atoms with Crippen molar-refractivity contribution in [2.45, 2.75) is 20.5 Å². The van der Waals surface area contributed by atoms with E-state index in [1.54, 1.807) is 13.2 Å². The molecular weight excluding hydrogens is 344 g/mol. The van der Waals surface area contributed by atoms with Gasteiger partial charge in [0.25, 0.3) is 0 Å². The Balaban J connectivity index is 1.74. The summed E-state index contributed by atoms with van der Waals surface area (Å²) in [6, 6.07) is 12.5. The monoisotopic (exact) mass is 364 g/mol. The summed E-state index contributed by atoms with van der Waals surface area (Å²) in [5, 5.41) is 0.768. The molecule has 1 heterocycles. The quantitative estimate of drug-likeness (QED) is 0.386. The van der Waals surface area contributed by atoms with Gasteiger partial charge in [-0.15, -0.1) is 0 Å². The summed E-state index contributed by atoms with van der Waals surface area (Å²) in [6.07, 6.45) is 3.01. The van der Waals surface area contributed by atoms with Gasteiger partial charge < -0.3 is 13.9 Å². The van der Waals surface area contributed by atoms with Crippen molar-refractivity contribution in [3.05, 3.63) is 81.2 Å². The third kappa shape index (κ3) is 4.26. The van der Waals surface area contributed by atoms with Gasteiger partial charge in [-0.2, -0.15) is 0 Å². The van der Waals surface area contributed by atoms with Gasteiger partial charge in [0.1, 0.15) is 17.9 Å². The third-order valence-electron chi connectivity index (χ3n) is 4.42. The average molecular weight is 364 g/mol. The molecule has 0 atom stereocenters. The summed E-state index contributed by atoms with van der Waals surface area (Å²) in [5.74, 6) is 0.256. The maximum absolute atomic E-state index is 12.0. The first-order valence-electron chi connectivity index (χ1n) is 8.50. The Morgan fingerprint density at radius 3 is 2.56 bits per heavy atom. The number of benzene rings is 2. The summed E-state index contributed by atoms with van der Waals surface area (Å²) in [5.41, 5.74) is 3.47. The van der Waals surface area contributed by atoms with Gasteiger partial charge in [0.2, 0.25) is 0 Å². The van der Waals surface area contributed by atoms with E-state index in [4.69, 9.17) is 13.9 Å². The number of hydrogen-bond acceptors (Lipinski definition) is 5. The molecule has 5 nitrogen and oxygen atoms in total. The van der Waals surface area contributed by atoms with Gasteiger partial charge in [-0.05, 0) is 48.7 Å². The van der Waals surface area contributed by atoms with Gasteiger partial charge in [-0.1, -0.05) is 24.3 Å². The van der Waals surface area contributed by atoms with Crippen molar-refractivity contribution in [1.29, 1.82) is 0 Å². The molecule has 0 aliphatic heterocycles. The normalized spacial score (nSPS) is 11.1. The molecular formula is C22H20O5. The number of rotatable bonds is 5. The molecule has 138 valence electrons. The van der Waals surface area contributed by atoms with Crippen LogP contribution in [0.1, 0.15) is 22.3 Å². The highest BCUT2D eigenvalue weighted by Crippen LogP contribution is 2.23. The first kappa shape index (κ1) is 18.5. The molecule has 0 bridgehead atoms. The third-order valence-corrected chi connectivity index (χ3v) is 4.42. The van der Waals surface area contributed by atoms with Gasteiger partial charge in [0.05, 0.1) is 7.11 Å². The summed E-state index contributed by atoms with van der Waals surface area (Å²) in [4.78, 5) is 23.9. The lowest BCUT2D eigenvalue weighted by Gasteiger charge is -2.09. The van der Waals surface area contributed by atoms with E-state index in [1.807, 2.05) is 50.2 Å². The maximum Gasteiger partial charge on any atom is 0.336 e. The summed E-state index contributed by atoms with van der Waals surface area (Å²) in [6.45, 7) is 3.84. The molecule has 3 rings (SSSR count). The number of carbonyl (C=O) groups excluding carboxylic acids is 1. The molecule has 0 aliphatic rings. The van der Waals surface area contributed by atoms with E-state index in [2.05, 4.69) is 0 Å². The Labute approximate surface area is 156 Å². The molecule has 3 aromatic rings. The predicted octanol–water partition coefficient (Wildman–Crippen LogP) is 4.18. The van der Waals surface area contributed by atoms with Crippen molar-refractivity contribution in [1.82, 2.24) is 0 Å². The van der Waals surface area contributed by atoms with Crippen molar-refractivity contribution in [3.63, 3.8) is 0 Å². The molecule has 0 unspecified atom stereocenters. The lowest BCUT2D eigenvalue weighted by atomic mass is 10.0. The molecule has 0 N–H and O–H groups in total. The molecule has 1 aromatic heterocycles. The highest BCUT2D eigenvalue weighted by atomic mass is 16.5. The van der Waals surface area contributed by atoms with Gasteiger partial charge in [-0.25, -0.2) is 9.59 Å². The highest BCUT2D eigenvalue weighted by molar-refractivity contribution is 5.88. The maximum atomic E-state index is 12.0. The van der Waals surface area contributed by atoms with Crippen LogP contribution in [-0.2, 0) is 16.1 Å². The largest absolute Gasteiger partial charge is 0.497 e. The van der Waals surface area contributed by atoms with Crippen LogP contribution >= 0.6 is 0 Å².